The van der Waals surface area contributed by atoms with E-state index in [2.05, 4.69) is 132 Å². The molecule has 7 rings (SSSR count). The van der Waals surface area contributed by atoms with Gasteiger partial charge in [-0.1, -0.05) is 227 Å². The molecule has 0 radical (unpaired) electrons. The molecule has 1 aliphatic carbocycles. The quantitative estimate of drug-likeness (QED) is 0.136. The summed E-state index contributed by atoms with van der Waals surface area (Å²) in [5.74, 6) is 2.15. The maximum atomic E-state index is 5.12. The van der Waals surface area contributed by atoms with Gasteiger partial charge in [0.1, 0.15) is 0 Å². The molecule has 0 fully saturated rings. The molecule has 0 aliphatic heterocycles. The van der Waals surface area contributed by atoms with Crippen LogP contribution >= 0.6 is 0 Å². The van der Waals surface area contributed by atoms with E-state index in [0.717, 1.165) is 49.8 Å². The van der Waals surface area contributed by atoms with Crippen LogP contribution in [-0.4, -0.2) is 19.5 Å². The minimum absolute atomic E-state index is 0.150. The van der Waals surface area contributed by atoms with Gasteiger partial charge in [0.2, 0.25) is 0 Å². The first kappa shape index (κ1) is 48.3. The molecule has 0 spiro atoms. The van der Waals surface area contributed by atoms with Crippen LogP contribution in [0.15, 0.2) is 163 Å². The van der Waals surface area contributed by atoms with E-state index in [0.29, 0.717) is 23.4 Å². The van der Waals surface area contributed by atoms with Crippen molar-refractivity contribution in [1.82, 2.24) is 19.5 Å². The Bertz CT molecular complexity index is 2580. The third kappa shape index (κ3) is 10.7. The van der Waals surface area contributed by atoms with Crippen LogP contribution < -0.4 is 10.6 Å². The summed E-state index contributed by atoms with van der Waals surface area (Å²) in [6, 6.07) is 37.3. The Morgan fingerprint density at radius 3 is 1.63 bits per heavy atom. The highest BCUT2D eigenvalue weighted by molar-refractivity contribution is 5.76. The summed E-state index contributed by atoms with van der Waals surface area (Å²) in [5.41, 5.74) is 12.2. The SMILES string of the molecule is C=C/C=C\C1=C(C)C(C)/C(=C\c2c(C)n(-c3cc(-c4ccccc4)cc(-c4nc(-c5ccccc5)nc(-c5ccccc5)n4)c3)c(=C)/c2=C\C=C/C)C1(C)C.CC.CC.CCC. The predicted octanol–water partition coefficient (Wildman–Crippen LogP) is 15.0. The van der Waals surface area contributed by atoms with Crippen molar-refractivity contribution in [2.24, 2.45) is 11.3 Å². The van der Waals surface area contributed by atoms with Gasteiger partial charge in [-0.2, -0.15) is 0 Å². The molecule has 0 bridgehead atoms. The van der Waals surface area contributed by atoms with Crippen molar-refractivity contribution in [3.8, 4) is 51.0 Å². The van der Waals surface area contributed by atoms with E-state index in [1.165, 1.54) is 28.7 Å². The van der Waals surface area contributed by atoms with E-state index in [-0.39, 0.29) is 5.41 Å². The molecule has 0 amide bonds. The van der Waals surface area contributed by atoms with Gasteiger partial charge in [0.15, 0.2) is 17.5 Å². The van der Waals surface area contributed by atoms with Crippen LogP contribution in [-0.2, 0) is 0 Å². The summed E-state index contributed by atoms with van der Waals surface area (Å²) < 4.78 is 2.29. The number of aromatic nitrogens is 4. The summed E-state index contributed by atoms with van der Waals surface area (Å²) >= 11 is 0. The van der Waals surface area contributed by atoms with E-state index in [9.17, 15) is 0 Å². The lowest BCUT2D eigenvalue weighted by Crippen LogP contribution is -2.27. The lowest BCUT2D eigenvalue weighted by molar-refractivity contribution is 0.547. The second kappa shape index (κ2) is 23.0. The third-order valence-corrected chi connectivity index (χ3v) is 10.9. The first-order valence-electron chi connectivity index (χ1n) is 22.4. The monoisotopic (exact) mass is 821 g/mol. The van der Waals surface area contributed by atoms with Gasteiger partial charge in [0.25, 0.3) is 0 Å². The molecule has 2 heterocycles. The molecule has 2 aromatic heterocycles. The Kier molecular flexibility index (Phi) is 17.9. The van der Waals surface area contributed by atoms with Crippen LogP contribution in [0.3, 0.4) is 0 Å². The average molecular weight is 821 g/mol. The second-order valence-electron chi connectivity index (χ2n) is 15.4. The number of nitrogens with zero attached hydrogens (tertiary/aromatic N) is 4. The van der Waals surface area contributed by atoms with Crippen LogP contribution in [0, 0.1) is 18.3 Å². The first-order valence-corrected chi connectivity index (χ1v) is 22.4. The second-order valence-corrected chi connectivity index (χ2v) is 15.4. The molecular formula is C58H68N4. The summed E-state index contributed by atoms with van der Waals surface area (Å²) in [7, 11) is 0. The van der Waals surface area contributed by atoms with Crippen molar-refractivity contribution >= 4 is 18.7 Å². The minimum Gasteiger partial charge on any atom is -0.314 e. The molecule has 4 heteroatoms. The van der Waals surface area contributed by atoms with Gasteiger partial charge in [-0.15, -0.1) is 0 Å². The minimum atomic E-state index is -0.150. The van der Waals surface area contributed by atoms with Crippen molar-refractivity contribution in [2.75, 3.05) is 0 Å². The number of benzene rings is 4. The van der Waals surface area contributed by atoms with E-state index in [1.54, 1.807) is 0 Å². The fourth-order valence-electron chi connectivity index (χ4n) is 7.93. The van der Waals surface area contributed by atoms with Crippen LogP contribution in [0.25, 0.3) is 69.7 Å². The fraction of sp³-hybridized carbons (Fsp3) is 0.259. The van der Waals surface area contributed by atoms with E-state index < -0.39 is 0 Å². The van der Waals surface area contributed by atoms with Gasteiger partial charge >= 0.3 is 0 Å². The fourth-order valence-corrected chi connectivity index (χ4v) is 7.93. The number of allylic oxidation sites excluding steroid dienone is 8. The summed E-state index contributed by atoms with van der Waals surface area (Å²) in [4.78, 5) is 15.2. The zero-order valence-corrected chi connectivity index (χ0v) is 39.4. The number of hydrogen-bond acceptors (Lipinski definition) is 3. The topological polar surface area (TPSA) is 43.6 Å². The Balaban J connectivity index is 0.00000114. The molecule has 1 aliphatic rings. The molecule has 6 aromatic rings. The maximum absolute atomic E-state index is 5.12. The molecule has 4 nitrogen and oxygen atoms in total. The Morgan fingerprint density at radius 1 is 0.677 bits per heavy atom. The van der Waals surface area contributed by atoms with Gasteiger partial charge in [0, 0.05) is 49.6 Å². The number of rotatable bonds is 9. The smallest absolute Gasteiger partial charge is 0.164 e. The van der Waals surface area contributed by atoms with Crippen LogP contribution in [0.4, 0.5) is 0 Å². The largest absolute Gasteiger partial charge is 0.314 e. The highest BCUT2D eigenvalue weighted by atomic mass is 15.0. The molecular weight excluding hydrogens is 753 g/mol. The Labute approximate surface area is 373 Å². The normalized spacial score (nSPS) is 15.2. The molecule has 320 valence electrons. The van der Waals surface area contributed by atoms with Gasteiger partial charge in [-0.3, -0.25) is 0 Å². The van der Waals surface area contributed by atoms with E-state index in [4.69, 9.17) is 21.5 Å². The summed E-state index contributed by atoms with van der Waals surface area (Å²) in [6.45, 7) is 34.4. The average Bonchev–Trinajstić information content (AvgIpc) is 3.64. The Morgan fingerprint density at radius 2 is 1.15 bits per heavy atom. The molecule has 1 atom stereocenters. The molecule has 1 unspecified atom stereocenters. The first-order chi connectivity index (χ1) is 30.0. The van der Waals surface area contributed by atoms with Crippen molar-refractivity contribution in [3.63, 3.8) is 0 Å². The number of hydrogen-bond donors (Lipinski definition) is 0. The van der Waals surface area contributed by atoms with E-state index >= 15 is 0 Å². The molecule has 0 saturated heterocycles. The molecule has 4 aromatic carbocycles. The summed E-state index contributed by atoms with van der Waals surface area (Å²) in [6.07, 6.45) is 16.2. The standard InChI is InChI=1S/C51H48N4.C3H8.2C2H6/c1-9-11-28-44-36(5)55(37(6)45(44)33-47-35(4)34(3)46(29-12-10-2)51(47,7)8)43-31-41(38-22-16-13-17-23-38)30-42(32-43)50-53-48(39-24-18-14-19-25-39)52-49(54-50)40-26-20-15-21-27-40;1-3-2;2*1-2/h9-33,35H,2,5H2,1,3-4,6-8H3;3H2,1-2H3;2*1-2H3/b11-9-,29-12-,44-28+,47-33+;;;. The zero-order chi connectivity index (χ0) is 45.4. The van der Waals surface area contributed by atoms with E-state index in [1.807, 2.05) is 114 Å². The third-order valence-electron chi connectivity index (χ3n) is 10.9. The van der Waals surface area contributed by atoms with Crippen molar-refractivity contribution < 1.29 is 0 Å². The van der Waals surface area contributed by atoms with Crippen molar-refractivity contribution in [1.29, 1.82) is 0 Å². The van der Waals surface area contributed by atoms with Crippen LogP contribution in [0.5, 0.6) is 0 Å². The van der Waals surface area contributed by atoms with Crippen LogP contribution in [0.1, 0.15) is 93.8 Å². The van der Waals surface area contributed by atoms with Crippen LogP contribution in [0.2, 0.25) is 0 Å². The lowest BCUT2D eigenvalue weighted by Gasteiger charge is -2.25. The Hall–Kier alpha value is -6.39. The maximum Gasteiger partial charge on any atom is 0.164 e. The highest BCUT2D eigenvalue weighted by Gasteiger charge is 2.38. The highest BCUT2D eigenvalue weighted by Crippen LogP contribution is 2.51. The van der Waals surface area contributed by atoms with Crippen molar-refractivity contribution in [2.45, 2.75) is 89.5 Å². The molecule has 0 saturated carbocycles. The predicted molar refractivity (Wildman–Crippen MR) is 271 cm³/mol. The van der Waals surface area contributed by atoms with Gasteiger partial charge in [0.05, 0.1) is 0 Å². The molecule has 62 heavy (non-hydrogen) atoms. The van der Waals surface area contributed by atoms with Gasteiger partial charge < -0.3 is 4.57 Å². The molecule has 0 N–H and O–H groups in total. The zero-order valence-electron chi connectivity index (χ0n) is 39.4. The van der Waals surface area contributed by atoms with Gasteiger partial charge in [-0.05, 0) is 61.6 Å². The lowest BCUT2D eigenvalue weighted by atomic mass is 9.78. The van der Waals surface area contributed by atoms with Crippen molar-refractivity contribution in [3.05, 3.63) is 185 Å². The van der Waals surface area contributed by atoms with Gasteiger partial charge in [-0.25, -0.2) is 15.0 Å². The summed E-state index contributed by atoms with van der Waals surface area (Å²) in [5, 5.41) is 2.02.